The molecule has 37 heavy (non-hydrogen) atoms. The second-order valence-electron chi connectivity index (χ2n) is 9.07. The summed E-state index contributed by atoms with van der Waals surface area (Å²) in [5, 5.41) is 12.0. The van der Waals surface area contributed by atoms with Crippen LogP contribution in [0.4, 0.5) is 15.9 Å². The van der Waals surface area contributed by atoms with Gasteiger partial charge in [-0.2, -0.15) is 5.10 Å². The lowest BCUT2D eigenvalue weighted by atomic mass is 10.1. The van der Waals surface area contributed by atoms with Gasteiger partial charge in [0.25, 0.3) is 0 Å². The third kappa shape index (κ3) is 4.56. The quantitative estimate of drug-likeness (QED) is 0.358. The fraction of sp³-hybridized carbons (Fsp3) is 0.259. The monoisotopic (exact) mass is 499 g/mol. The molecule has 1 aliphatic heterocycles. The highest BCUT2D eigenvalue weighted by Gasteiger charge is 2.24. The number of ether oxygens (including phenoxy) is 2. The Kier molecular flexibility index (Phi) is 6.11. The van der Waals surface area contributed by atoms with Crippen molar-refractivity contribution < 1.29 is 13.9 Å². The maximum atomic E-state index is 15.4. The molecule has 2 N–H and O–H groups in total. The molecular formula is C27H26FN7O2. The largest absolute Gasteiger partial charge is 0.488 e. The summed E-state index contributed by atoms with van der Waals surface area (Å²) in [6.45, 7) is 4.00. The number of aromatic nitrogens is 5. The van der Waals surface area contributed by atoms with E-state index < -0.39 is 5.82 Å². The minimum absolute atomic E-state index is 0.0253. The number of halogens is 1. The predicted molar refractivity (Wildman–Crippen MR) is 139 cm³/mol. The summed E-state index contributed by atoms with van der Waals surface area (Å²) >= 11 is 0. The van der Waals surface area contributed by atoms with E-state index in [4.69, 9.17) is 9.47 Å². The van der Waals surface area contributed by atoms with Crippen LogP contribution in [0.2, 0.25) is 0 Å². The van der Waals surface area contributed by atoms with Gasteiger partial charge in [0, 0.05) is 36.9 Å². The first kappa shape index (κ1) is 23.3. The smallest absolute Gasteiger partial charge is 0.156 e. The van der Waals surface area contributed by atoms with Crippen molar-refractivity contribution in [2.75, 3.05) is 25.1 Å². The summed E-state index contributed by atoms with van der Waals surface area (Å²) in [5.41, 5.74) is 3.37. The van der Waals surface area contributed by atoms with E-state index in [1.165, 1.54) is 6.33 Å². The van der Waals surface area contributed by atoms with E-state index in [2.05, 4.69) is 30.7 Å². The number of benzene rings is 2. The zero-order chi connectivity index (χ0) is 25.4. The molecule has 2 unspecified atom stereocenters. The Labute approximate surface area is 212 Å². The second-order valence-corrected chi connectivity index (χ2v) is 9.07. The molecule has 1 fully saturated rings. The van der Waals surface area contributed by atoms with Gasteiger partial charge in [-0.25, -0.2) is 14.4 Å². The fourth-order valence-corrected chi connectivity index (χ4v) is 4.59. The minimum atomic E-state index is -0.399. The number of morpholine rings is 1. The molecule has 4 heterocycles. The molecule has 6 rings (SSSR count). The van der Waals surface area contributed by atoms with Gasteiger partial charge in [-0.05, 0) is 48.9 Å². The normalized spacial score (nSPS) is 16.7. The third-order valence-corrected chi connectivity index (χ3v) is 6.54. The van der Waals surface area contributed by atoms with Crippen LogP contribution in [-0.2, 0) is 11.8 Å². The van der Waals surface area contributed by atoms with Crippen LogP contribution < -0.4 is 15.4 Å². The highest BCUT2D eigenvalue weighted by Crippen LogP contribution is 2.37. The number of hydrogen-bond acceptors (Lipinski definition) is 8. The van der Waals surface area contributed by atoms with E-state index in [0.717, 1.165) is 17.7 Å². The molecule has 0 spiro atoms. The van der Waals surface area contributed by atoms with Gasteiger partial charge < -0.3 is 20.1 Å². The number of nitrogens with zero attached hydrogens (tertiary/aromatic N) is 5. The summed E-state index contributed by atoms with van der Waals surface area (Å²) in [5.74, 6) is 0.630. The molecule has 0 radical (unpaired) electrons. The average Bonchev–Trinajstić information content (AvgIpc) is 3.37. The number of aryl methyl sites for hydroxylation is 1. The van der Waals surface area contributed by atoms with Gasteiger partial charge >= 0.3 is 0 Å². The van der Waals surface area contributed by atoms with Crippen molar-refractivity contribution in [2.45, 2.75) is 19.1 Å². The Morgan fingerprint density at radius 2 is 2.08 bits per heavy atom. The molecule has 0 aliphatic carbocycles. The molecule has 5 aromatic rings. The molecule has 2 aromatic carbocycles. The molecule has 3 aromatic heterocycles. The maximum absolute atomic E-state index is 15.4. The van der Waals surface area contributed by atoms with Gasteiger partial charge in [-0.15, -0.1) is 0 Å². The van der Waals surface area contributed by atoms with E-state index in [1.54, 1.807) is 41.3 Å². The van der Waals surface area contributed by atoms with Crippen molar-refractivity contribution in [1.29, 1.82) is 0 Å². The molecule has 2 atom stereocenters. The van der Waals surface area contributed by atoms with Gasteiger partial charge in [-0.3, -0.25) is 9.67 Å². The highest BCUT2D eigenvalue weighted by molar-refractivity contribution is 5.99. The van der Waals surface area contributed by atoms with E-state index in [0.29, 0.717) is 46.6 Å². The van der Waals surface area contributed by atoms with E-state index in [1.807, 2.05) is 32.3 Å². The molecule has 1 aliphatic rings. The lowest BCUT2D eigenvalue weighted by Crippen LogP contribution is -2.49. The first-order valence-corrected chi connectivity index (χ1v) is 12.1. The average molecular weight is 500 g/mol. The van der Waals surface area contributed by atoms with Crippen molar-refractivity contribution in [1.82, 2.24) is 30.0 Å². The van der Waals surface area contributed by atoms with Crippen molar-refractivity contribution in [2.24, 2.45) is 7.05 Å². The molecule has 0 saturated carbocycles. The lowest BCUT2D eigenvalue weighted by Gasteiger charge is -2.30. The Bertz CT molecular complexity index is 1580. The van der Waals surface area contributed by atoms with E-state index >= 15 is 4.39 Å². The SMILES string of the molecule is CC(Oc1cc(-c2cnn(C)c2)cc2ncnc(Nc3ccc4ncccc4c3F)c12)C1COCCN1. The summed E-state index contributed by atoms with van der Waals surface area (Å²) < 4.78 is 29.3. The molecule has 0 amide bonds. The first-order valence-electron chi connectivity index (χ1n) is 12.1. The number of anilines is 2. The minimum Gasteiger partial charge on any atom is -0.488 e. The lowest BCUT2D eigenvalue weighted by molar-refractivity contribution is 0.0342. The molecular weight excluding hydrogens is 473 g/mol. The Balaban J connectivity index is 1.45. The Morgan fingerprint density at radius 3 is 2.89 bits per heavy atom. The van der Waals surface area contributed by atoms with E-state index in [-0.39, 0.29) is 17.8 Å². The zero-order valence-corrected chi connectivity index (χ0v) is 20.5. The van der Waals surface area contributed by atoms with Gasteiger partial charge in [0.15, 0.2) is 5.82 Å². The van der Waals surface area contributed by atoms with Crippen LogP contribution >= 0.6 is 0 Å². The van der Waals surface area contributed by atoms with Crippen LogP contribution in [0.15, 0.2) is 61.3 Å². The Morgan fingerprint density at radius 1 is 1.16 bits per heavy atom. The number of fused-ring (bicyclic) bond motifs is 2. The Hall–Kier alpha value is -4.15. The first-order chi connectivity index (χ1) is 18.1. The number of nitrogens with one attached hydrogen (secondary N) is 2. The van der Waals surface area contributed by atoms with Crippen LogP contribution in [0.3, 0.4) is 0 Å². The van der Waals surface area contributed by atoms with Crippen LogP contribution in [0.25, 0.3) is 32.9 Å². The molecule has 0 bridgehead atoms. The van der Waals surface area contributed by atoms with Gasteiger partial charge in [0.1, 0.15) is 24.0 Å². The van der Waals surface area contributed by atoms with Crippen LogP contribution in [0.1, 0.15) is 6.92 Å². The second kappa shape index (κ2) is 9.72. The summed E-state index contributed by atoms with van der Waals surface area (Å²) in [6, 6.07) is 10.8. The molecule has 10 heteroatoms. The molecule has 1 saturated heterocycles. The maximum Gasteiger partial charge on any atom is 0.156 e. The van der Waals surface area contributed by atoms with Gasteiger partial charge in [0.05, 0.1) is 47.6 Å². The van der Waals surface area contributed by atoms with Gasteiger partial charge in [0.2, 0.25) is 0 Å². The fourth-order valence-electron chi connectivity index (χ4n) is 4.59. The van der Waals surface area contributed by atoms with Crippen LogP contribution in [0.5, 0.6) is 5.75 Å². The zero-order valence-electron chi connectivity index (χ0n) is 20.5. The summed E-state index contributed by atoms with van der Waals surface area (Å²) in [7, 11) is 1.87. The van der Waals surface area contributed by atoms with Crippen LogP contribution in [0, 0.1) is 5.82 Å². The third-order valence-electron chi connectivity index (χ3n) is 6.54. The van der Waals surface area contributed by atoms with Gasteiger partial charge in [-0.1, -0.05) is 0 Å². The van der Waals surface area contributed by atoms with Crippen molar-refractivity contribution >= 4 is 33.3 Å². The molecule has 188 valence electrons. The highest BCUT2D eigenvalue weighted by atomic mass is 19.1. The summed E-state index contributed by atoms with van der Waals surface area (Å²) in [6.07, 6.45) is 6.63. The van der Waals surface area contributed by atoms with Crippen LogP contribution in [-0.4, -0.2) is 56.6 Å². The number of hydrogen-bond donors (Lipinski definition) is 2. The van der Waals surface area contributed by atoms with E-state index in [9.17, 15) is 0 Å². The predicted octanol–water partition coefficient (Wildman–Crippen LogP) is 4.22. The topological polar surface area (TPSA) is 99.0 Å². The van der Waals surface area contributed by atoms with Crippen molar-refractivity contribution in [3.63, 3.8) is 0 Å². The summed E-state index contributed by atoms with van der Waals surface area (Å²) in [4.78, 5) is 13.2. The number of rotatable bonds is 6. The molecule has 9 nitrogen and oxygen atoms in total. The number of pyridine rings is 1. The standard InChI is InChI=1S/C27H26FN7O2/c1-16(23-14-36-9-8-30-23)37-24-11-17(18-12-33-35(2)13-18)10-22-25(24)27(32-15-31-22)34-21-6-5-20-19(26(21)28)4-3-7-29-20/h3-7,10-13,15-16,23,30H,8-9,14H2,1-2H3,(H,31,32,34). The van der Waals surface area contributed by atoms with Crippen molar-refractivity contribution in [3.8, 4) is 16.9 Å². The van der Waals surface area contributed by atoms with Crippen molar-refractivity contribution in [3.05, 3.63) is 67.1 Å².